The van der Waals surface area contributed by atoms with Crippen molar-refractivity contribution < 1.29 is 14.6 Å². The summed E-state index contributed by atoms with van der Waals surface area (Å²) in [7, 11) is 4.02. The summed E-state index contributed by atoms with van der Waals surface area (Å²) >= 11 is 0. The zero-order valence-corrected chi connectivity index (χ0v) is 12.0. The molecule has 1 saturated heterocycles. The smallest absolute Gasteiger partial charge is 0.272 e. The van der Waals surface area contributed by atoms with Gasteiger partial charge in [0.2, 0.25) is 0 Å². The van der Waals surface area contributed by atoms with Gasteiger partial charge < -0.3 is 19.6 Å². The highest BCUT2D eigenvalue weighted by Gasteiger charge is 2.24. The number of rotatable bonds is 3. The van der Waals surface area contributed by atoms with E-state index in [1.54, 1.807) is 11.0 Å². The van der Waals surface area contributed by atoms with Gasteiger partial charge in [-0.05, 0) is 26.2 Å². The lowest BCUT2D eigenvalue weighted by molar-refractivity contribution is 0.0729. The average Bonchev–Trinajstić information content (AvgIpc) is 2.63. The molecule has 110 valence electrons. The second-order valence-corrected chi connectivity index (χ2v) is 5.36. The van der Waals surface area contributed by atoms with E-state index in [1.807, 2.05) is 14.1 Å². The Morgan fingerprint density at radius 3 is 3.00 bits per heavy atom. The van der Waals surface area contributed by atoms with Crippen LogP contribution >= 0.6 is 0 Å². The lowest BCUT2D eigenvalue weighted by Gasteiger charge is -2.25. The van der Waals surface area contributed by atoms with Gasteiger partial charge in [0.25, 0.3) is 5.91 Å². The topological polar surface area (TPSA) is 65.9 Å². The van der Waals surface area contributed by atoms with Crippen molar-refractivity contribution in [1.29, 1.82) is 0 Å². The first-order valence-corrected chi connectivity index (χ1v) is 6.73. The normalized spacial score (nSPS) is 19.9. The van der Waals surface area contributed by atoms with Gasteiger partial charge in [-0.25, -0.2) is 4.98 Å². The number of ether oxygens (including phenoxy) is 1. The summed E-state index contributed by atoms with van der Waals surface area (Å²) in [6.07, 6.45) is 1.29. The van der Waals surface area contributed by atoms with Crippen molar-refractivity contribution in [3.05, 3.63) is 24.0 Å². The van der Waals surface area contributed by atoms with Crippen LogP contribution in [-0.4, -0.2) is 72.7 Å². The number of carbonyl (C=O) groups excluding carboxylic acids is 1. The Morgan fingerprint density at radius 1 is 1.55 bits per heavy atom. The van der Waals surface area contributed by atoms with E-state index in [0.29, 0.717) is 37.9 Å². The first-order valence-electron chi connectivity index (χ1n) is 6.73. The molecule has 0 unspecified atom stereocenters. The summed E-state index contributed by atoms with van der Waals surface area (Å²) in [6, 6.07) is 3.02. The monoisotopic (exact) mass is 279 g/mol. The molecule has 1 aliphatic rings. The van der Waals surface area contributed by atoms with Gasteiger partial charge in [-0.1, -0.05) is 0 Å². The van der Waals surface area contributed by atoms with Crippen LogP contribution in [0.4, 0.5) is 0 Å². The van der Waals surface area contributed by atoms with E-state index >= 15 is 0 Å². The minimum absolute atomic E-state index is 0.0613. The maximum absolute atomic E-state index is 12.4. The molecule has 0 spiro atoms. The van der Waals surface area contributed by atoms with E-state index in [2.05, 4.69) is 9.88 Å². The van der Waals surface area contributed by atoms with Crippen molar-refractivity contribution in [3.63, 3.8) is 0 Å². The molecule has 20 heavy (non-hydrogen) atoms. The molecule has 2 rings (SSSR count). The number of hydrogen-bond acceptors (Lipinski definition) is 5. The van der Waals surface area contributed by atoms with Crippen LogP contribution in [0.25, 0.3) is 0 Å². The molecule has 1 aromatic rings. The van der Waals surface area contributed by atoms with Crippen LogP contribution in [0, 0.1) is 5.92 Å². The summed E-state index contributed by atoms with van der Waals surface area (Å²) in [5, 5.41) is 9.22. The van der Waals surface area contributed by atoms with Crippen molar-refractivity contribution in [2.45, 2.75) is 0 Å². The largest absolute Gasteiger partial charge is 0.506 e. The standard InChI is InChI=1S/C14H21N3O3/c1-16(2)8-11-9-17(5-6-20-10-11)14(19)13-4-3-12(18)7-15-13/h3-4,7,11,18H,5-6,8-10H2,1-2H3/t11-/m0/s1. The maximum atomic E-state index is 12.4. The summed E-state index contributed by atoms with van der Waals surface area (Å²) in [5.41, 5.74) is 0.355. The molecule has 1 aliphatic heterocycles. The van der Waals surface area contributed by atoms with E-state index in [4.69, 9.17) is 4.74 Å². The molecular weight excluding hydrogens is 258 g/mol. The third-order valence-corrected chi connectivity index (χ3v) is 3.22. The van der Waals surface area contributed by atoms with Gasteiger partial charge in [-0.3, -0.25) is 4.79 Å². The highest BCUT2D eigenvalue weighted by molar-refractivity contribution is 5.92. The molecule has 1 aromatic heterocycles. The van der Waals surface area contributed by atoms with Gasteiger partial charge in [-0.2, -0.15) is 0 Å². The molecular formula is C14H21N3O3. The predicted octanol–water partition coefficient (Wildman–Crippen LogP) is 0.437. The molecule has 1 fully saturated rings. The molecule has 0 aliphatic carbocycles. The molecule has 0 aromatic carbocycles. The van der Waals surface area contributed by atoms with Crippen molar-refractivity contribution >= 4 is 5.91 Å². The van der Waals surface area contributed by atoms with Crippen molar-refractivity contribution in [1.82, 2.24) is 14.8 Å². The van der Waals surface area contributed by atoms with Crippen LogP contribution in [0.15, 0.2) is 18.3 Å². The lowest BCUT2D eigenvalue weighted by Crippen LogP contribution is -2.39. The molecule has 6 heteroatoms. The SMILES string of the molecule is CN(C)C[C@@H]1COCCN(C(=O)c2ccc(O)cn2)C1. The van der Waals surface area contributed by atoms with Crippen LogP contribution in [0.2, 0.25) is 0 Å². The molecule has 1 atom stereocenters. The van der Waals surface area contributed by atoms with E-state index in [-0.39, 0.29) is 11.7 Å². The summed E-state index contributed by atoms with van der Waals surface area (Å²) < 4.78 is 5.56. The summed E-state index contributed by atoms with van der Waals surface area (Å²) in [5.74, 6) is 0.249. The van der Waals surface area contributed by atoms with Gasteiger partial charge in [0.05, 0.1) is 19.4 Å². The first-order chi connectivity index (χ1) is 9.56. The number of hydrogen-bond donors (Lipinski definition) is 1. The Labute approximate surface area is 119 Å². The minimum atomic E-state index is -0.112. The van der Waals surface area contributed by atoms with Crippen LogP contribution in [0.5, 0.6) is 5.75 Å². The van der Waals surface area contributed by atoms with Crippen LogP contribution in [0.3, 0.4) is 0 Å². The number of aromatic hydroxyl groups is 1. The minimum Gasteiger partial charge on any atom is -0.506 e. The fourth-order valence-electron chi connectivity index (χ4n) is 2.37. The predicted molar refractivity (Wildman–Crippen MR) is 74.7 cm³/mol. The van der Waals surface area contributed by atoms with Crippen LogP contribution < -0.4 is 0 Å². The van der Waals surface area contributed by atoms with E-state index in [9.17, 15) is 9.90 Å². The molecule has 2 heterocycles. The number of nitrogens with zero attached hydrogens (tertiary/aromatic N) is 3. The second kappa shape index (κ2) is 6.67. The van der Waals surface area contributed by atoms with Gasteiger partial charge >= 0.3 is 0 Å². The van der Waals surface area contributed by atoms with Crippen molar-refractivity contribution in [2.75, 3.05) is 46.9 Å². The van der Waals surface area contributed by atoms with E-state index < -0.39 is 0 Å². The highest BCUT2D eigenvalue weighted by atomic mass is 16.5. The maximum Gasteiger partial charge on any atom is 0.272 e. The van der Waals surface area contributed by atoms with E-state index in [1.165, 1.54) is 12.3 Å². The lowest BCUT2D eigenvalue weighted by atomic mass is 10.1. The van der Waals surface area contributed by atoms with Gasteiger partial charge in [0.1, 0.15) is 11.4 Å². The quantitative estimate of drug-likeness (QED) is 0.869. The Balaban J connectivity index is 2.05. The third-order valence-electron chi connectivity index (χ3n) is 3.22. The zero-order chi connectivity index (χ0) is 14.5. The van der Waals surface area contributed by atoms with Gasteiger partial charge in [0, 0.05) is 25.6 Å². The number of amides is 1. The summed E-state index contributed by atoms with van der Waals surface area (Å²) in [4.78, 5) is 20.3. The highest BCUT2D eigenvalue weighted by Crippen LogP contribution is 2.13. The number of carbonyl (C=O) groups is 1. The third kappa shape index (κ3) is 3.91. The molecule has 0 radical (unpaired) electrons. The second-order valence-electron chi connectivity index (χ2n) is 5.36. The fourth-order valence-corrected chi connectivity index (χ4v) is 2.37. The molecule has 1 amide bonds. The average molecular weight is 279 g/mol. The number of pyridine rings is 1. The Hall–Kier alpha value is -1.66. The van der Waals surface area contributed by atoms with Crippen molar-refractivity contribution in [2.24, 2.45) is 5.92 Å². The van der Waals surface area contributed by atoms with Crippen LogP contribution in [-0.2, 0) is 4.74 Å². The Morgan fingerprint density at radius 2 is 2.35 bits per heavy atom. The molecule has 1 N–H and O–H groups in total. The zero-order valence-electron chi connectivity index (χ0n) is 12.0. The van der Waals surface area contributed by atoms with Crippen molar-refractivity contribution in [3.8, 4) is 5.75 Å². The Bertz CT molecular complexity index is 447. The van der Waals surface area contributed by atoms with Gasteiger partial charge in [-0.15, -0.1) is 0 Å². The fraction of sp³-hybridized carbons (Fsp3) is 0.571. The van der Waals surface area contributed by atoms with Crippen LogP contribution in [0.1, 0.15) is 10.5 Å². The Kier molecular flexibility index (Phi) is 4.92. The molecule has 0 bridgehead atoms. The number of aromatic nitrogens is 1. The first kappa shape index (κ1) is 14.7. The molecule has 6 nitrogen and oxygen atoms in total. The van der Waals surface area contributed by atoms with E-state index in [0.717, 1.165) is 6.54 Å². The van der Waals surface area contributed by atoms with Gasteiger partial charge in [0.15, 0.2) is 0 Å². The molecule has 0 saturated carbocycles. The summed E-state index contributed by atoms with van der Waals surface area (Å²) in [6.45, 7) is 3.34.